The summed E-state index contributed by atoms with van der Waals surface area (Å²) in [5.74, 6) is 0.836. The fraction of sp³-hybridized carbons (Fsp3) is 0.474. The highest BCUT2D eigenvalue weighted by Crippen LogP contribution is 2.26. The first-order chi connectivity index (χ1) is 11.6. The summed E-state index contributed by atoms with van der Waals surface area (Å²) in [6.45, 7) is 4.10. The van der Waals surface area contributed by atoms with E-state index in [9.17, 15) is 8.42 Å². The molecule has 2 aromatic rings. The molecule has 0 N–H and O–H groups in total. The van der Waals surface area contributed by atoms with Gasteiger partial charge in [0, 0.05) is 13.1 Å². The first-order valence-corrected chi connectivity index (χ1v) is 10.2. The molecule has 0 aromatic heterocycles. The topological polar surface area (TPSA) is 46.6 Å². The van der Waals surface area contributed by atoms with E-state index in [2.05, 4.69) is 6.92 Å². The van der Waals surface area contributed by atoms with Crippen LogP contribution in [0.15, 0.2) is 41.3 Å². The number of nitrogens with zero attached hydrogens (tertiary/aromatic N) is 1. The average Bonchev–Trinajstić information content (AvgIpc) is 2.62. The summed E-state index contributed by atoms with van der Waals surface area (Å²) >= 11 is 0. The van der Waals surface area contributed by atoms with Gasteiger partial charge in [-0.25, -0.2) is 8.42 Å². The van der Waals surface area contributed by atoms with Gasteiger partial charge in [-0.05, 0) is 54.3 Å². The molecule has 1 aliphatic heterocycles. The first-order valence-electron chi connectivity index (χ1n) is 8.78. The van der Waals surface area contributed by atoms with Crippen molar-refractivity contribution in [1.82, 2.24) is 4.31 Å². The maximum atomic E-state index is 12.8. The number of ether oxygens (including phenoxy) is 1. The maximum absolute atomic E-state index is 12.8. The monoisotopic (exact) mass is 347 g/mol. The van der Waals surface area contributed by atoms with Gasteiger partial charge >= 0.3 is 0 Å². The lowest BCUT2D eigenvalue weighted by atomic mass is 10.1. The molecule has 3 rings (SSSR count). The van der Waals surface area contributed by atoms with Gasteiger partial charge in [-0.1, -0.05) is 31.9 Å². The first kappa shape index (κ1) is 17.2. The van der Waals surface area contributed by atoms with Crippen molar-refractivity contribution in [3.63, 3.8) is 0 Å². The molecular weight excluding hydrogens is 322 g/mol. The predicted molar refractivity (Wildman–Crippen MR) is 97.0 cm³/mol. The third-order valence-electron chi connectivity index (χ3n) is 4.50. The van der Waals surface area contributed by atoms with Crippen molar-refractivity contribution in [3.05, 3.63) is 36.4 Å². The second kappa shape index (κ2) is 7.53. The van der Waals surface area contributed by atoms with Crippen molar-refractivity contribution in [2.45, 2.75) is 43.9 Å². The quantitative estimate of drug-likeness (QED) is 0.736. The summed E-state index contributed by atoms with van der Waals surface area (Å²) in [6, 6.07) is 11.2. The highest BCUT2D eigenvalue weighted by atomic mass is 32.2. The van der Waals surface area contributed by atoms with Crippen molar-refractivity contribution >= 4 is 20.8 Å². The Morgan fingerprint density at radius 3 is 2.46 bits per heavy atom. The van der Waals surface area contributed by atoms with E-state index in [0.717, 1.165) is 48.6 Å². The van der Waals surface area contributed by atoms with Crippen molar-refractivity contribution in [2.24, 2.45) is 0 Å². The van der Waals surface area contributed by atoms with Gasteiger partial charge in [0.15, 0.2) is 0 Å². The normalized spacial score (nSPS) is 16.4. The molecule has 24 heavy (non-hydrogen) atoms. The molecule has 130 valence electrons. The fourth-order valence-corrected chi connectivity index (χ4v) is 4.59. The zero-order valence-corrected chi connectivity index (χ0v) is 15.0. The van der Waals surface area contributed by atoms with Gasteiger partial charge in [-0.15, -0.1) is 0 Å². The van der Waals surface area contributed by atoms with Gasteiger partial charge in [0.2, 0.25) is 10.0 Å². The van der Waals surface area contributed by atoms with Crippen LogP contribution in [0.25, 0.3) is 10.8 Å². The SMILES string of the molecule is CCCCOc1ccc2cc(S(=O)(=O)N3CCCCC3)ccc2c1. The summed E-state index contributed by atoms with van der Waals surface area (Å²) in [5.41, 5.74) is 0. The lowest BCUT2D eigenvalue weighted by Gasteiger charge is -2.26. The molecule has 1 fully saturated rings. The third kappa shape index (κ3) is 3.73. The van der Waals surface area contributed by atoms with Gasteiger partial charge in [0.05, 0.1) is 11.5 Å². The summed E-state index contributed by atoms with van der Waals surface area (Å²) in [6.07, 6.45) is 5.15. The van der Waals surface area contributed by atoms with Crippen LogP contribution in [-0.4, -0.2) is 32.4 Å². The number of benzene rings is 2. The standard InChI is InChI=1S/C19H25NO3S/c1-2-3-13-23-18-9-7-17-15-19(10-8-16(17)14-18)24(21,22)20-11-5-4-6-12-20/h7-10,14-15H,2-6,11-13H2,1H3. The number of fused-ring (bicyclic) bond motifs is 1. The van der Waals surface area contributed by atoms with Crippen LogP contribution >= 0.6 is 0 Å². The fourth-order valence-electron chi connectivity index (χ4n) is 3.04. The van der Waals surface area contributed by atoms with E-state index in [1.165, 1.54) is 0 Å². The average molecular weight is 347 g/mol. The van der Waals surface area contributed by atoms with E-state index in [-0.39, 0.29) is 0 Å². The predicted octanol–water partition coefficient (Wildman–Crippen LogP) is 4.19. The zero-order chi connectivity index (χ0) is 17.0. The minimum Gasteiger partial charge on any atom is -0.494 e. The smallest absolute Gasteiger partial charge is 0.243 e. The second-order valence-corrected chi connectivity index (χ2v) is 8.28. The van der Waals surface area contributed by atoms with E-state index >= 15 is 0 Å². The summed E-state index contributed by atoms with van der Waals surface area (Å²) in [5, 5.41) is 1.93. The van der Waals surface area contributed by atoms with Crippen LogP contribution in [0.2, 0.25) is 0 Å². The van der Waals surface area contributed by atoms with Gasteiger partial charge in [0.1, 0.15) is 5.75 Å². The van der Waals surface area contributed by atoms with Crippen LogP contribution < -0.4 is 4.74 Å². The Labute approximate surface area is 144 Å². The third-order valence-corrected chi connectivity index (χ3v) is 6.40. The number of rotatable bonds is 6. The van der Waals surface area contributed by atoms with Crippen molar-refractivity contribution in [1.29, 1.82) is 0 Å². The van der Waals surface area contributed by atoms with E-state index < -0.39 is 10.0 Å². The van der Waals surface area contributed by atoms with Crippen LogP contribution in [0.4, 0.5) is 0 Å². The Hall–Kier alpha value is -1.59. The lowest BCUT2D eigenvalue weighted by molar-refractivity contribution is 0.310. The Kier molecular flexibility index (Phi) is 5.41. The lowest BCUT2D eigenvalue weighted by Crippen LogP contribution is -2.35. The molecule has 0 saturated carbocycles. The van der Waals surface area contributed by atoms with Gasteiger partial charge in [0.25, 0.3) is 0 Å². The molecule has 4 nitrogen and oxygen atoms in total. The number of hydrogen-bond donors (Lipinski definition) is 0. The molecule has 0 unspecified atom stereocenters. The largest absolute Gasteiger partial charge is 0.494 e. The van der Waals surface area contributed by atoms with Crippen LogP contribution in [0.5, 0.6) is 5.75 Å². The Bertz CT molecular complexity index is 795. The molecule has 0 amide bonds. The van der Waals surface area contributed by atoms with E-state index in [1.54, 1.807) is 16.4 Å². The highest BCUT2D eigenvalue weighted by molar-refractivity contribution is 7.89. The summed E-state index contributed by atoms with van der Waals surface area (Å²) in [7, 11) is -3.38. The molecule has 0 aliphatic carbocycles. The van der Waals surface area contributed by atoms with E-state index in [4.69, 9.17) is 4.74 Å². The van der Waals surface area contributed by atoms with E-state index in [1.807, 2.05) is 24.3 Å². The molecule has 0 bridgehead atoms. The minimum absolute atomic E-state index is 0.386. The van der Waals surface area contributed by atoms with Gasteiger partial charge < -0.3 is 4.74 Å². The van der Waals surface area contributed by atoms with Crippen LogP contribution in [-0.2, 0) is 10.0 Å². The highest BCUT2D eigenvalue weighted by Gasteiger charge is 2.25. The molecular formula is C19H25NO3S. The van der Waals surface area contributed by atoms with Crippen molar-refractivity contribution in [2.75, 3.05) is 19.7 Å². The molecule has 1 saturated heterocycles. The number of hydrogen-bond acceptors (Lipinski definition) is 3. The number of unbranched alkanes of at least 4 members (excludes halogenated alkanes) is 1. The molecule has 1 aliphatic rings. The Morgan fingerprint density at radius 1 is 1.00 bits per heavy atom. The second-order valence-electron chi connectivity index (χ2n) is 6.34. The van der Waals surface area contributed by atoms with Crippen molar-refractivity contribution < 1.29 is 13.2 Å². The van der Waals surface area contributed by atoms with E-state index in [0.29, 0.717) is 24.6 Å². The van der Waals surface area contributed by atoms with Crippen molar-refractivity contribution in [3.8, 4) is 5.75 Å². The van der Waals surface area contributed by atoms with Gasteiger partial charge in [-0.3, -0.25) is 0 Å². The number of piperidine rings is 1. The molecule has 0 spiro atoms. The molecule has 0 radical (unpaired) electrons. The minimum atomic E-state index is -3.38. The summed E-state index contributed by atoms with van der Waals surface area (Å²) in [4.78, 5) is 0.386. The van der Waals surface area contributed by atoms with Gasteiger partial charge in [-0.2, -0.15) is 4.31 Å². The zero-order valence-electron chi connectivity index (χ0n) is 14.2. The van der Waals surface area contributed by atoms with Crippen LogP contribution in [0.3, 0.4) is 0 Å². The molecule has 2 aromatic carbocycles. The maximum Gasteiger partial charge on any atom is 0.243 e. The molecule has 1 heterocycles. The Morgan fingerprint density at radius 2 is 1.71 bits per heavy atom. The molecule has 5 heteroatoms. The summed E-state index contributed by atoms with van der Waals surface area (Å²) < 4.78 is 32.9. The number of sulfonamides is 1. The molecule has 0 atom stereocenters. The van der Waals surface area contributed by atoms with Crippen LogP contribution in [0, 0.1) is 0 Å². The Balaban J connectivity index is 1.84. The van der Waals surface area contributed by atoms with Crippen LogP contribution in [0.1, 0.15) is 39.0 Å².